The van der Waals surface area contributed by atoms with Crippen molar-refractivity contribution in [1.29, 1.82) is 0 Å². The van der Waals surface area contributed by atoms with Crippen LogP contribution in [0.4, 0.5) is 5.69 Å². The van der Waals surface area contributed by atoms with Crippen LogP contribution in [0, 0.1) is 0 Å². The maximum Gasteiger partial charge on any atom is 0.326 e. The van der Waals surface area contributed by atoms with Crippen molar-refractivity contribution in [2.75, 3.05) is 4.90 Å². The summed E-state index contributed by atoms with van der Waals surface area (Å²) in [6, 6.07) is 31.8. The minimum atomic E-state index is -1.13. The summed E-state index contributed by atoms with van der Waals surface area (Å²) >= 11 is 0. The first-order valence-corrected chi connectivity index (χ1v) is 13.4. The number of aliphatic carboxylic acids is 1. The van der Waals surface area contributed by atoms with Gasteiger partial charge < -0.3 is 15.4 Å². The molecule has 0 spiro atoms. The number of nitrogens with zero attached hydrogens (tertiary/aromatic N) is 2. The Morgan fingerprint density at radius 1 is 0.881 bits per heavy atom. The van der Waals surface area contributed by atoms with Gasteiger partial charge in [0.15, 0.2) is 0 Å². The quantitative estimate of drug-likeness (QED) is 0.222. The molecule has 4 aromatic carbocycles. The first-order chi connectivity index (χ1) is 20.5. The minimum absolute atomic E-state index is 0.124. The van der Waals surface area contributed by atoms with Crippen molar-refractivity contribution in [3.05, 3.63) is 143 Å². The van der Waals surface area contributed by atoms with Crippen LogP contribution >= 0.6 is 0 Å². The molecule has 1 aromatic heterocycles. The van der Waals surface area contributed by atoms with E-state index in [1.54, 1.807) is 36.5 Å². The zero-order valence-corrected chi connectivity index (χ0v) is 22.4. The van der Waals surface area contributed by atoms with Crippen LogP contribution in [0.15, 0.2) is 126 Å². The Morgan fingerprint density at radius 3 is 2.26 bits per heavy atom. The maximum absolute atomic E-state index is 13.6. The fourth-order valence-corrected chi connectivity index (χ4v) is 4.97. The second-order valence-corrected chi connectivity index (χ2v) is 9.86. The number of para-hydroxylation sites is 1. The van der Waals surface area contributed by atoms with E-state index in [4.69, 9.17) is 0 Å². The summed E-state index contributed by atoms with van der Waals surface area (Å²) in [5.41, 5.74) is 4.42. The third-order valence-corrected chi connectivity index (χ3v) is 7.09. The Hall–Kier alpha value is -5.76. The molecule has 1 aliphatic rings. The zero-order valence-electron chi connectivity index (χ0n) is 22.4. The van der Waals surface area contributed by atoms with Gasteiger partial charge in [0, 0.05) is 34.6 Å². The van der Waals surface area contributed by atoms with Crippen molar-refractivity contribution < 1.29 is 19.5 Å². The number of amides is 2. The molecule has 206 valence electrons. The van der Waals surface area contributed by atoms with Gasteiger partial charge in [-0.3, -0.25) is 14.5 Å². The molecule has 42 heavy (non-hydrogen) atoms. The summed E-state index contributed by atoms with van der Waals surface area (Å²) in [7, 11) is 0. The lowest BCUT2D eigenvalue weighted by Crippen LogP contribution is -2.42. The van der Waals surface area contributed by atoms with E-state index in [-0.39, 0.29) is 17.9 Å². The summed E-state index contributed by atoms with van der Waals surface area (Å²) in [6.45, 7) is 0. The lowest BCUT2D eigenvalue weighted by atomic mass is 10.0. The predicted octanol–water partition coefficient (Wildman–Crippen LogP) is 5.43. The number of fused-ring (bicyclic) bond motifs is 1. The van der Waals surface area contributed by atoms with Crippen LogP contribution in [0.3, 0.4) is 0 Å². The van der Waals surface area contributed by atoms with Gasteiger partial charge in [0.25, 0.3) is 11.8 Å². The molecule has 1 unspecified atom stereocenters. The molecule has 0 aliphatic carbocycles. The van der Waals surface area contributed by atoms with Gasteiger partial charge in [-0.15, -0.1) is 0 Å². The summed E-state index contributed by atoms with van der Waals surface area (Å²) in [5.74, 6) is -1.47. The third kappa shape index (κ3) is 5.33. The Bertz CT molecular complexity index is 1840. The molecule has 0 saturated heterocycles. The third-order valence-electron chi connectivity index (χ3n) is 7.09. The highest BCUT2D eigenvalue weighted by Crippen LogP contribution is 2.28. The Kier molecular flexibility index (Phi) is 7.17. The van der Waals surface area contributed by atoms with Gasteiger partial charge >= 0.3 is 5.97 Å². The lowest BCUT2D eigenvalue weighted by Gasteiger charge is -2.19. The highest BCUT2D eigenvalue weighted by Gasteiger charge is 2.32. The van der Waals surface area contributed by atoms with Crippen LogP contribution < -0.4 is 10.2 Å². The number of carbonyl (C=O) groups is 3. The number of carboxylic acids is 1. The summed E-state index contributed by atoms with van der Waals surface area (Å²) in [5, 5.41) is 13.4. The van der Waals surface area contributed by atoms with E-state index < -0.39 is 17.9 Å². The number of aromatic amines is 1. The van der Waals surface area contributed by atoms with Gasteiger partial charge in [0.05, 0.1) is 5.69 Å². The van der Waals surface area contributed by atoms with Crippen molar-refractivity contribution in [3.8, 4) is 0 Å². The lowest BCUT2D eigenvalue weighted by molar-refractivity contribution is -0.139. The molecule has 8 heteroatoms. The van der Waals surface area contributed by atoms with Gasteiger partial charge in [-0.2, -0.15) is 0 Å². The van der Waals surface area contributed by atoms with Gasteiger partial charge in [0.1, 0.15) is 17.6 Å². The van der Waals surface area contributed by atoms with E-state index in [0.717, 1.165) is 27.6 Å². The van der Waals surface area contributed by atoms with Crippen molar-refractivity contribution in [3.63, 3.8) is 0 Å². The number of rotatable bonds is 8. The Morgan fingerprint density at radius 2 is 1.55 bits per heavy atom. The van der Waals surface area contributed by atoms with Crippen LogP contribution in [0.2, 0.25) is 0 Å². The number of aromatic nitrogens is 1. The average molecular weight is 555 g/mol. The number of anilines is 1. The number of H-pyrrole nitrogens is 1. The molecule has 0 fully saturated rings. The van der Waals surface area contributed by atoms with Crippen LogP contribution in [0.5, 0.6) is 0 Å². The van der Waals surface area contributed by atoms with E-state index in [1.165, 1.54) is 4.90 Å². The second kappa shape index (κ2) is 11.4. The van der Waals surface area contributed by atoms with E-state index in [9.17, 15) is 19.5 Å². The van der Waals surface area contributed by atoms with E-state index in [2.05, 4.69) is 15.3 Å². The molecular formula is C34H26N4O4. The monoisotopic (exact) mass is 554 g/mol. The first kappa shape index (κ1) is 26.5. The predicted molar refractivity (Wildman–Crippen MR) is 162 cm³/mol. The fraction of sp³-hybridized carbons (Fsp3) is 0.0588. The Labute approximate surface area is 241 Å². The number of nitrogens with one attached hydrogen (secondary N) is 2. The molecule has 3 N–H and O–H groups in total. The topological polar surface area (TPSA) is 115 Å². The number of benzene rings is 4. The SMILES string of the molecule is O=C(NC(Cc1c[nH]c2ccccc12)C(=O)O)c1ccc(N2C(=O)C(=Cc3ccccc3)N=C2c2ccccc2)cc1. The average Bonchev–Trinajstić information content (AvgIpc) is 3.58. The minimum Gasteiger partial charge on any atom is -0.480 e. The van der Waals surface area contributed by atoms with Gasteiger partial charge in [-0.25, -0.2) is 9.79 Å². The largest absolute Gasteiger partial charge is 0.480 e. The summed E-state index contributed by atoms with van der Waals surface area (Å²) < 4.78 is 0. The molecule has 2 amide bonds. The first-order valence-electron chi connectivity index (χ1n) is 13.4. The fourth-order valence-electron chi connectivity index (χ4n) is 4.97. The van der Waals surface area contributed by atoms with Crippen molar-refractivity contribution in [2.45, 2.75) is 12.5 Å². The zero-order chi connectivity index (χ0) is 29.1. The van der Waals surface area contributed by atoms with Crippen LogP contribution in [-0.2, 0) is 16.0 Å². The number of hydrogen-bond acceptors (Lipinski definition) is 4. The molecule has 6 rings (SSSR count). The summed E-state index contributed by atoms with van der Waals surface area (Å²) in [4.78, 5) is 48.0. The molecule has 0 saturated carbocycles. The van der Waals surface area contributed by atoms with E-state index in [0.29, 0.717) is 17.2 Å². The number of carboxylic acid groups (broad SMARTS) is 1. The molecule has 1 aliphatic heterocycles. The van der Waals surface area contributed by atoms with Gasteiger partial charge in [-0.1, -0.05) is 78.9 Å². The smallest absolute Gasteiger partial charge is 0.326 e. The number of aliphatic imine (C=N–C) groups is 1. The van der Waals surface area contributed by atoms with E-state index >= 15 is 0 Å². The van der Waals surface area contributed by atoms with Crippen LogP contribution in [0.1, 0.15) is 27.0 Å². The second-order valence-electron chi connectivity index (χ2n) is 9.86. The molecule has 1 atom stereocenters. The number of carbonyl (C=O) groups excluding carboxylic acids is 2. The summed E-state index contributed by atoms with van der Waals surface area (Å²) in [6.07, 6.45) is 3.63. The standard InChI is InChI=1S/C34H26N4O4/c39-32(37-30(34(41)42)20-25-21-35-28-14-8-7-13-27(25)28)24-15-17-26(18-16-24)38-31(23-11-5-2-6-12-23)36-29(33(38)40)19-22-9-3-1-4-10-22/h1-19,21,30,35H,20H2,(H,37,39)(H,41,42). The van der Waals surface area contributed by atoms with Crippen molar-refractivity contribution in [1.82, 2.24) is 10.3 Å². The van der Waals surface area contributed by atoms with Gasteiger partial charge in [0.2, 0.25) is 0 Å². The molecular weight excluding hydrogens is 528 g/mol. The van der Waals surface area contributed by atoms with Crippen LogP contribution in [-0.4, -0.2) is 39.8 Å². The highest BCUT2D eigenvalue weighted by molar-refractivity contribution is 6.33. The molecule has 5 aromatic rings. The van der Waals surface area contributed by atoms with Gasteiger partial charge in [-0.05, 0) is 47.5 Å². The normalized spacial score (nSPS) is 14.7. The van der Waals surface area contributed by atoms with Crippen LogP contribution in [0.25, 0.3) is 17.0 Å². The molecule has 0 radical (unpaired) electrons. The number of hydrogen-bond donors (Lipinski definition) is 3. The molecule has 8 nitrogen and oxygen atoms in total. The van der Waals surface area contributed by atoms with Crippen molar-refractivity contribution in [2.24, 2.45) is 4.99 Å². The Balaban J connectivity index is 1.24. The molecule has 2 heterocycles. The highest BCUT2D eigenvalue weighted by atomic mass is 16.4. The molecule has 0 bridgehead atoms. The number of amidine groups is 1. The van der Waals surface area contributed by atoms with E-state index in [1.807, 2.05) is 84.9 Å². The maximum atomic E-state index is 13.6. The van der Waals surface area contributed by atoms with Crippen molar-refractivity contribution >= 4 is 46.3 Å².